The Morgan fingerprint density at radius 2 is 1.28 bits per heavy atom. The number of hydrogen-bond donors (Lipinski definition) is 1. The average molecular weight is 254 g/mol. The van der Waals surface area contributed by atoms with Gasteiger partial charge in [0.1, 0.15) is 0 Å². The molecule has 1 rings (SSSR count). The van der Waals surface area contributed by atoms with Gasteiger partial charge in [-0.05, 0) is 24.7 Å². The SMILES string of the molecule is CCC1(CC(=O)O)CCCCCCCCCCC1. The molecule has 0 amide bonds. The van der Waals surface area contributed by atoms with Crippen molar-refractivity contribution in [1.29, 1.82) is 0 Å². The van der Waals surface area contributed by atoms with E-state index in [-0.39, 0.29) is 5.41 Å². The maximum absolute atomic E-state index is 11.1. The van der Waals surface area contributed by atoms with Crippen LogP contribution in [0.15, 0.2) is 0 Å². The number of aliphatic carboxylic acids is 1. The van der Waals surface area contributed by atoms with Crippen LogP contribution >= 0.6 is 0 Å². The maximum atomic E-state index is 11.1. The molecule has 1 aliphatic rings. The minimum absolute atomic E-state index is 0.0883. The minimum atomic E-state index is -0.607. The summed E-state index contributed by atoms with van der Waals surface area (Å²) in [6.07, 6.45) is 15.5. The van der Waals surface area contributed by atoms with Crippen LogP contribution in [0.3, 0.4) is 0 Å². The fourth-order valence-electron chi connectivity index (χ4n) is 3.34. The van der Waals surface area contributed by atoms with Gasteiger partial charge in [0.15, 0.2) is 0 Å². The molecule has 0 unspecified atom stereocenters. The molecule has 0 bridgehead atoms. The lowest BCUT2D eigenvalue weighted by Crippen LogP contribution is -2.24. The first kappa shape index (κ1) is 15.5. The Balaban J connectivity index is 2.54. The lowest BCUT2D eigenvalue weighted by molar-refractivity contribution is -0.140. The van der Waals surface area contributed by atoms with E-state index in [9.17, 15) is 4.79 Å². The zero-order chi connectivity index (χ0) is 13.3. The average Bonchev–Trinajstić information content (AvgIpc) is 2.32. The largest absolute Gasteiger partial charge is 0.481 e. The third kappa shape index (κ3) is 5.88. The van der Waals surface area contributed by atoms with Crippen molar-refractivity contribution in [2.45, 2.75) is 90.4 Å². The molecule has 1 aliphatic carbocycles. The van der Waals surface area contributed by atoms with Gasteiger partial charge in [-0.25, -0.2) is 0 Å². The van der Waals surface area contributed by atoms with Gasteiger partial charge in [-0.3, -0.25) is 4.79 Å². The van der Waals surface area contributed by atoms with E-state index in [0.717, 1.165) is 19.3 Å². The minimum Gasteiger partial charge on any atom is -0.481 e. The van der Waals surface area contributed by atoms with Crippen molar-refractivity contribution in [1.82, 2.24) is 0 Å². The highest BCUT2D eigenvalue weighted by atomic mass is 16.4. The molecular weight excluding hydrogens is 224 g/mol. The Morgan fingerprint density at radius 3 is 1.61 bits per heavy atom. The molecule has 0 aromatic rings. The van der Waals surface area contributed by atoms with Crippen molar-refractivity contribution in [2.24, 2.45) is 5.41 Å². The predicted molar refractivity (Wildman–Crippen MR) is 75.8 cm³/mol. The van der Waals surface area contributed by atoms with Gasteiger partial charge in [-0.1, -0.05) is 64.7 Å². The molecule has 0 atom stereocenters. The highest BCUT2D eigenvalue weighted by Crippen LogP contribution is 2.39. The van der Waals surface area contributed by atoms with Crippen molar-refractivity contribution in [3.05, 3.63) is 0 Å². The lowest BCUT2D eigenvalue weighted by atomic mass is 9.73. The van der Waals surface area contributed by atoms with E-state index in [1.165, 1.54) is 57.8 Å². The molecule has 0 aromatic carbocycles. The lowest BCUT2D eigenvalue weighted by Gasteiger charge is -2.32. The summed E-state index contributed by atoms with van der Waals surface area (Å²) in [5.41, 5.74) is 0.0883. The summed E-state index contributed by atoms with van der Waals surface area (Å²) in [6, 6.07) is 0. The number of hydrogen-bond acceptors (Lipinski definition) is 1. The summed E-state index contributed by atoms with van der Waals surface area (Å²) in [4.78, 5) is 11.1. The fourth-order valence-corrected chi connectivity index (χ4v) is 3.34. The van der Waals surface area contributed by atoms with Gasteiger partial charge in [-0.15, -0.1) is 0 Å². The molecule has 106 valence electrons. The molecule has 0 spiro atoms. The van der Waals surface area contributed by atoms with Gasteiger partial charge < -0.3 is 5.11 Å². The Morgan fingerprint density at radius 1 is 0.889 bits per heavy atom. The molecule has 0 radical (unpaired) electrons. The molecule has 0 aromatic heterocycles. The molecule has 0 heterocycles. The molecule has 1 saturated carbocycles. The Hall–Kier alpha value is -0.530. The van der Waals surface area contributed by atoms with Gasteiger partial charge in [0.2, 0.25) is 0 Å². The zero-order valence-electron chi connectivity index (χ0n) is 12.0. The van der Waals surface area contributed by atoms with Crippen LogP contribution in [0, 0.1) is 5.41 Å². The summed E-state index contributed by atoms with van der Waals surface area (Å²) < 4.78 is 0. The summed E-state index contributed by atoms with van der Waals surface area (Å²) >= 11 is 0. The van der Waals surface area contributed by atoms with Crippen LogP contribution in [0.2, 0.25) is 0 Å². The van der Waals surface area contributed by atoms with Crippen LogP contribution in [0.4, 0.5) is 0 Å². The smallest absolute Gasteiger partial charge is 0.303 e. The van der Waals surface area contributed by atoms with Gasteiger partial charge in [0.25, 0.3) is 0 Å². The zero-order valence-corrected chi connectivity index (χ0v) is 12.0. The van der Waals surface area contributed by atoms with Crippen LogP contribution in [0.5, 0.6) is 0 Å². The van der Waals surface area contributed by atoms with E-state index in [1.807, 2.05) is 0 Å². The van der Waals surface area contributed by atoms with E-state index in [1.54, 1.807) is 0 Å². The topological polar surface area (TPSA) is 37.3 Å². The van der Waals surface area contributed by atoms with Gasteiger partial charge in [0, 0.05) is 0 Å². The second kappa shape index (κ2) is 8.55. The van der Waals surface area contributed by atoms with Crippen molar-refractivity contribution >= 4 is 5.97 Å². The van der Waals surface area contributed by atoms with Crippen LogP contribution in [0.1, 0.15) is 90.4 Å². The van der Waals surface area contributed by atoms with E-state index in [4.69, 9.17) is 5.11 Å². The summed E-state index contributed by atoms with van der Waals surface area (Å²) in [5.74, 6) is -0.607. The number of carboxylic acids is 1. The van der Waals surface area contributed by atoms with Crippen molar-refractivity contribution in [2.75, 3.05) is 0 Å². The quantitative estimate of drug-likeness (QED) is 0.755. The first-order valence-electron chi connectivity index (χ1n) is 7.90. The Bertz CT molecular complexity index is 223. The predicted octanol–water partition coefficient (Wildman–Crippen LogP) is 5.16. The fraction of sp³-hybridized carbons (Fsp3) is 0.938. The van der Waals surface area contributed by atoms with Crippen LogP contribution < -0.4 is 0 Å². The first-order valence-corrected chi connectivity index (χ1v) is 7.90. The van der Waals surface area contributed by atoms with Gasteiger partial charge in [0.05, 0.1) is 6.42 Å². The molecule has 0 saturated heterocycles. The number of rotatable bonds is 3. The van der Waals surface area contributed by atoms with Crippen LogP contribution in [-0.2, 0) is 4.79 Å². The normalized spacial score (nSPS) is 22.7. The van der Waals surface area contributed by atoms with Crippen molar-refractivity contribution in [3.8, 4) is 0 Å². The monoisotopic (exact) mass is 254 g/mol. The summed E-state index contributed by atoms with van der Waals surface area (Å²) in [7, 11) is 0. The van der Waals surface area contributed by atoms with Gasteiger partial charge >= 0.3 is 5.97 Å². The molecular formula is C16H30O2. The number of carboxylic acid groups (broad SMARTS) is 1. The molecule has 1 fully saturated rings. The van der Waals surface area contributed by atoms with E-state index >= 15 is 0 Å². The second-order valence-electron chi connectivity index (χ2n) is 6.11. The highest BCUT2D eigenvalue weighted by molar-refractivity contribution is 5.67. The standard InChI is InChI=1S/C16H30O2/c1-2-16(14-15(17)18)12-10-8-6-4-3-5-7-9-11-13-16/h2-14H2,1H3,(H,17,18). The number of carbonyl (C=O) groups is 1. The molecule has 2 nitrogen and oxygen atoms in total. The van der Waals surface area contributed by atoms with Gasteiger partial charge in [-0.2, -0.15) is 0 Å². The van der Waals surface area contributed by atoms with Crippen LogP contribution in [0.25, 0.3) is 0 Å². The summed E-state index contributed by atoms with van der Waals surface area (Å²) in [5, 5.41) is 9.15. The van der Waals surface area contributed by atoms with E-state index in [0.29, 0.717) is 6.42 Å². The Labute approximate surface area is 112 Å². The van der Waals surface area contributed by atoms with E-state index in [2.05, 4.69) is 6.92 Å². The van der Waals surface area contributed by atoms with Crippen molar-refractivity contribution in [3.63, 3.8) is 0 Å². The molecule has 0 aliphatic heterocycles. The highest BCUT2D eigenvalue weighted by Gasteiger charge is 2.29. The van der Waals surface area contributed by atoms with E-state index < -0.39 is 5.97 Å². The summed E-state index contributed by atoms with van der Waals surface area (Å²) in [6.45, 7) is 2.18. The Kier molecular flexibility index (Phi) is 7.38. The molecule has 2 heteroatoms. The molecule has 18 heavy (non-hydrogen) atoms. The first-order chi connectivity index (χ1) is 8.68. The van der Waals surface area contributed by atoms with Crippen LogP contribution in [-0.4, -0.2) is 11.1 Å². The third-order valence-corrected chi connectivity index (χ3v) is 4.69. The molecule has 1 N–H and O–H groups in total. The van der Waals surface area contributed by atoms with Crippen molar-refractivity contribution < 1.29 is 9.90 Å². The third-order valence-electron chi connectivity index (χ3n) is 4.69. The second-order valence-corrected chi connectivity index (χ2v) is 6.11. The maximum Gasteiger partial charge on any atom is 0.303 e.